The first kappa shape index (κ1) is 9.64. The van der Waals surface area contributed by atoms with Gasteiger partial charge < -0.3 is 4.74 Å². The molecule has 0 aromatic heterocycles. The minimum Gasteiger partial charge on any atom is -0.425 e. The van der Waals surface area contributed by atoms with Crippen LogP contribution in [0.4, 0.5) is 4.39 Å². The molecule has 4 heteroatoms. The van der Waals surface area contributed by atoms with Crippen molar-refractivity contribution in [1.29, 1.82) is 10.8 Å². The summed E-state index contributed by atoms with van der Waals surface area (Å²) < 4.78 is 17.8. The van der Waals surface area contributed by atoms with E-state index in [1.165, 1.54) is 13.0 Å². The van der Waals surface area contributed by atoms with Gasteiger partial charge in [0.2, 0.25) is 5.90 Å². The van der Waals surface area contributed by atoms with Crippen LogP contribution in [0, 0.1) is 10.8 Å². The number of allylic oxidation sites excluding steroid dienone is 2. The van der Waals surface area contributed by atoms with E-state index in [0.29, 0.717) is 12.8 Å². The van der Waals surface area contributed by atoms with E-state index < -0.39 is 0 Å². The van der Waals surface area contributed by atoms with E-state index in [9.17, 15) is 4.39 Å². The lowest BCUT2D eigenvalue weighted by Gasteiger charge is -2.10. The van der Waals surface area contributed by atoms with E-state index in [-0.39, 0.29) is 23.2 Å². The van der Waals surface area contributed by atoms with Crippen molar-refractivity contribution in [2.24, 2.45) is 0 Å². The van der Waals surface area contributed by atoms with Crippen LogP contribution < -0.4 is 0 Å². The van der Waals surface area contributed by atoms with Crippen LogP contribution in [0.2, 0.25) is 0 Å². The van der Waals surface area contributed by atoms with Crippen LogP contribution in [-0.4, -0.2) is 11.8 Å². The van der Waals surface area contributed by atoms with Gasteiger partial charge in [-0.2, -0.15) is 0 Å². The third-order valence-corrected chi connectivity index (χ3v) is 1.61. The Morgan fingerprint density at radius 3 is 2.77 bits per heavy atom. The van der Waals surface area contributed by atoms with Crippen LogP contribution in [0.15, 0.2) is 23.6 Å². The predicted octanol–water partition coefficient (Wildman–Crippen LogP) is 2.55. The van der Waals surface area contributed by atoms with Gasteiger partial charge >= 0.3 is 0 Å². The highest BCUT2D eigenvalue weighted by atomic mass is 19.1. The number of rotatable bonds is 1. The Labute approximate surface area is 75.9 Å². The quantitative estimate of drug-likeness (QED) is 0.475. The first-order chi connectivity index (χ1) is 6.11. The maximum atomic E-state index is 13.1. The summed E-state index contributed by atoms with van der Waals surface area (Å²) in [4.78, 5) is 0. The molecule has 0 amide bonds. The van der Waals surface area contributed by atoms with Crippen LogP contribution >= 0.6 is 0 Å². The molecule has 2 N–H and O–H groups in total. The van der Waals surface area contributed by atoms with Gasteiger partial charge in [-0.25, -0.2) is 4.39 Å². The molecule has 0 aromatic rings. The molecular formula is C9H11FN2O. The van der Waals surface area contributed by atoms with E-state index in [1.54, 1.807) is 6.08 Å². The maximum Gasteiger partial charge on any atom is 0.223 e. The summed E-state index contributed by atoms with van der Waals surface area (Å²) in [6, 6.07) is 0. The monoisotopic (exact) mass is 182 g/mol. The van der Waals surface area contributed by atoms with Crippen LogP contribution in [0.5, 0.6) is 0 Å². The number of hydrogen-bond acceptors (Lipinski definition) is 3. The molecule has 0 saturated carbocycles. The topological polar surface area (TPSA) is 56.9 Å². The summed E-state index contributed by atoms with van der Waals surface area (Å²) in [5.41, 5.74) is 0.151. The van der Waals surface area contributed by atoms with Gasteiger partial charge in [0.25, 0.3) is 0 Å². The van der Waals surface area contributed by atoms with Gasteiger partial charge in [-0.3, -0.25) is 10.8 Å². The molecule has 0 radical (unpaired) electrons. The molecule has 0 saturated heterocycles. The maximum absolute atomic E-state index is 13.1. The van der Waals surface area contributed by atoms with Crippen molar-refractivity contribution < 1.29 is 9.13 Å². The average molecular weight is 182 g/mol. The highest BCUT2D eigenvalue weighted by molar-refractivity contribution is 6.00. The zero-order valence-corrected chi connectivity index (χ0v) is 7.36. The Morgan fingerprint density at radius 1 is 1.54 bits per heavy atom. The SMILES string of the molecule is CC(=N)OC(=N)C1=C(F)CCC=C1. The van der Waals surface area contributed by atoms with Crippen molar-refractivity contribution in [2.75, 3.05) is 0 Å². The van der Waals surface area contributed by atoms with Gasteiger partial charge in [0, 0.05) is 13.3 Å². The van der Waals surface area contributed by atoms with Crippen LogP contribution in [0.1, 0.15) is 19.8 Å². The normalized spacial score (nSPS) is 15.8. The summed E-state index contributed by atoms with van der Waals surface area (Å²) in [5, 5.41) is 14.3. The van der Waals surface area contributed by atoms with Crippen molar-refractivity contribution >= 4 is 11.8 Å². The molecule has 0 unspecified atom stereocenters. The van der Waals surface area contributed by atoms with Gasteiger partial charge in [0.05, 0.1) is 5.57 Å². The highest BCUT2D eigenvalue weighted by Gasteiger charge is 2.14. The van der Waals surface area contributed by atoms with E-state index in [1.807, 2.05) is 0 Å². The fraction of sp³-hybridized carbons (Fsp3) is 0.333. The molecule has 1 aliphatic rings. The first-order valence-corrected chi connectivity index (χ1v) is 3.98. The largest absolute Gasteiger partial charge is 0.425 e. The molecule has 1 rings (SSSR count). The van der Waals surface area contributed by atoms with Crippen molar-refractivity contribution in [3.63, 3.8) is 0 Å². The minimum absolute atomic E-state index is 0.107. The van der Waals surface area contributed by atoms with E-state index in [0.717, 1.165) is 0 Å². The average Bonchev–Trinajstić information content (AvgIpc) is 2.03. The third kappa shape index (κ3) is 2.50. The summed E-state index contributed by atoms with van der Waals surface area (Å²) in [6.45, 7) is 1.40. The van der Waals surface area contributed by atoms with Gasteiger partial charge in [0.15, 0.2) is 5.90 Å². The fourth-order valence-electron chi connectivity index (χ4n) is 1.04. The summed E-state index contributed by atoms with van der Waals surface area (Å²) in [6.07, 6.45) is 4.28. The fourth-order valence-corrected chi connectivity index (χ4v) is 1.04. The lowest BCUT2D eigenvalue weighted by molar-refractivity contribution is 0.520. The standard InChI is InChI=1S/C9H11FN2O/c1-6(11)13-9(12)7-4-2-3-5-8(7)10/h2,4,11-12H,3,5H2,1H3. The number of hydrogen-bond donors (Lipinski definition) is 2. The molecule has 0 heterocycles. The van der Waals surface area contributed by atoms with E-state index in [2.05, 4.69) is 4.74 Å². The molecule has 3 nitrogen and oxygen atoms in total. The van der Waals surface area contributed by atoms with Gasteiger partial charge in [0.1, 0.15) is 5.83 Å². The van der Waals surface area contributed by atoms with Crippen LogP contribution in [0.3, 0.4) is 0 Å². The molecule has 1 aliphatic carbocycles. The van der Waals surface area contributed by atoms with Gasteiger partial charge in [-0.05, 0) is 6.42 Å². The molecule has 0 aromatic carbocycles. The molecule has 0 atom stereocenters. The third-order valence-electron chi connectivity index (χ3n) is 1.61. The van der Waals surface area contributed by atoms with Gasteiger partial charge in [-0.1, -0.05) is 12.2 Å². The minimum atomic E-state index is -0.339. The van der Waals surface area contributed by atoms with Crippen LogP contribution in [0.25, 0.3) is 0 Å². The Morgan fingerprint density at radius 2 is 2.23 bits per heavy atom. The Balaban J connectivity index is 2.76. The Hall–Kier alpha value is -1.45. The number of ether oxygens (including phenoxy) is 1. The predicted molar refractivity (Wildman–Crippen MR) is 48.7 cm³/mol. The molecule has 70 valence electrons. The zero-order chi connectivity index (χ0) is 9.84. The summed E-state index contributed by atoms with van der Waals surface area (Å²) >= 11 is 0. The zero-order valence-electron chi connectivity index (χ0n) is 7.36. The number of halogens is 1. The molecule has 0 spiro atoms. The molecule has 13 heavy (non-hydrogen) atoms. The molecule has 0 aliphatic heterocycles. The second-order valence-electron chi connectivity index (χ2n) is 2.75. The van der Waals surface area contributed by atoms with E-state index >= 15 is 0 Å². The van der Waals surface area contributed by atoms with Crippen molar-refractivity contribution in [2.45, 2.75) is 19.8 Å². The molecule has 0 fully saturated rings. The molecule has 0 bridgehead atoms. The van der Waals surface area contributed by atoms with Crippen LogP contribution in [-0.2, 0) is 4.74 Å². The Kier molecular flexibility index (Phi) is 2.95. The smallest absolute Gasteiger partial charge is 0.223 e. The summed E-state index contributed by atoms with van der Waals surface area (Å²) in [5.74, 6) is -0.737. The highest BCUT2D eigenvalue weighted by Crippen LogP contribution is 2.20. The summed E-state index contributed by atoms with van der Waals surface area (Å²) in [7, 11) is 0. The second-order valence-corrected chi connectivity index (χ2v) is 2.75. The van der Waals surface area contributed by atoms with E-state index in [4.69, 9.17) is 10.8 Å². The first-order valence-electron chi connectivity index (χ1n) is 3.98. The Bertz CT molecular complexity index is 305. The van der Waals surface area contributed by atoms with Crippen molar-refractivity contribution in [1.82, 2.24) is 0 Å². The number of nitrogens with one attached hydrogen (secondary N) is 2. The van der Waals surface area contributed by atoms with Gasteiger partial charge in [-0.15, -0.1) is 0 Å². The lowest BCUT2D eigenvalue weighted by atomic mass is 10.1. The molecular weight excluding hydrogens is 171 g/mol. The van der Waals surface area contributed by atoms with Crippen molar-refractivity contribution in [3.8, 4) is 0 Å². The second kappa shape index (κ2) is 3.98. The van der Waals surface area contributed by atoms with Crippen molar-refractivity contribution in [3.05, 3.63) is 23.6 Å². The lowest BCUT2D eigenvalue weighted by Crippen LogP contribution is -2.11.